The highest BCUT2D eigenvalue weighted by molar-refractivity contribution is 6.00. The molecule has 0 aliphatic carbocycles. The third-order valence-corrected chi connectivity index (χ3v) is 3.60. The molecule has 0 radical (unpaired) electrons. The van der Waals surface area contributed by atoms with Crippen molar-refractivity contribution >= 4 is 11.8 Å². The highest BCUT2D eigenvalue weighted by Gasteiger charge is 2.17. The van der Waals surface area contributed by atoms with Crippen molar-refractivity contribution in [2.45, 2.75) is 45.1 Å². The van der Waals surface area contributed by atoms with E-state index in [1.54, 1.807) is 0 Å². The smallest absolute Gasteiger partial charge is 0.305 e. The van der Waals surface area contributed by atoms with E-state index in [9.17, 15) is 9.59 Å². The third-order valence-electron chi connectivity index (χ3n) is 3.60. The molecule has 0 saturated carbocycles. The second-order valence-electron chi connectivity index (χ2n) is 5.02. The largest absolute Gasteiger partial charge is 0.469 e. The standard InChI is InChI=1S/C16H23NO3/c1-4-11(2)12-5-7-13(8-6-12)16(19)14(17)9-10-15(18)20-3/h5-8,11,14H,4,9-10,17H2,1-3H3. The molecule has 2 N–H and O–H groups in total. The fourth-order valence-corrected chi connectivity index (χ4v) is 1.93. The third kappa shape index (κ3) is 4.46. The predicted molar refractivity (Wildman–Crippen MR) is 78.7 cm³/mol. The van der Waals surface area contributed by atoms with E-state index in [0.717, 1.165) is 6.42 Å². The number of methoxy groups -OCH3 is 1. The molecule has 0 aliphatic heterocycles. The van der Waals surface area contributed by atoms with Gasteiger partial charge in [0.05, 0.1) is 13.2 Å². The van der Waals surface area contributed by atoms with Gasteiger partial charge in [-0.05, 0) is 24.3 Å². The summed E-state index contributed by atoms with van der Waals surface area (Å²) in [5, 5.41) is 0. The number of esters is 1. The monoisotopic (exact) mass is 277 g/mol. The van der Waals surface area contributed by atoms with Crippen LogP contribution in [0.5, 0.6) is 0 Å². The average Bonchev–Trinajstić information content (AvgIpc) is 2.50. The first kappa shape index (κ1) is 16.4. The lowest BCUT2D eigenvalue weighted by atomic mass is 9.95. The highest BCUT2D eigenvalue weighted by Crippen LogP contribution is 2.19. The fraction of sp³-hybridized carbons (Fsp3) is 0.500. The molecule has 2 atom stereocenters. The Labute approximate surface area is 120 Å². The molecule has 0 saturated heterocycles. The fourth-order valence-electron chi connectivity index (χ4n) is 1.93. The van der Waals surface area contributed by atoms with Crippen LogP contribution in [0.4, 0.5) is 0 Å². The van der Waals surface area contributed by atoms with Gasteiger partial charge in [-0.15, -0.1) is 0 Å². The SMILES string of the molecule is CCC(C)c1ccc(C(=O)C(N)CCC(=O)OC)cc1. The quantitative estimate of drug-likeness (QED) is 0.614. The van der Waals surface area contributed by atoms with E-state index in [1.165, 1.54) is 12.7 Å². The predicted octanol–water partition coefficient (Wildman–Crippen LogP) is 2.66. The molecule has 1 rings (SSSR count). The van der Waals surface area contributed by atoms with Crippen molar-refractivity contribution in [3.63, 3.8) is 0 Å². The second-order valence-corrected chi connectivity index (χ2v) is 5.02. The van der Waals surface area contributed by atoms with Crippen LogP contribution in [0.2, 0.25) is 0 Å². The molecule has 1 aromatic rings. The molecular weight excluding hydrogens is 254 g/mol. The van der Waals surface area contributed by atoms with Gasteiger partial charge in [0.2, 0.25) is 0 Å². The van der Waals surface area contributed by atoms with E-state index in [-0.39, 0.29) is 18.2 Å². The van der Waals surface area contributed by atoms with Crippen molar-refractivity contribution in [1.82, 2.24) is 0 Å². The lowest BCUT2D eigenvalue weighted by Gasteiger charge is -2.12. The van der Waals surface area contributed by atoms with Gasteiger partial charge in [-0.1, -0.05) is 38.1 Å². The molecule has 1 aromatic carbocycles. The van der Waals surface area contributed by atoms with Gasteiger partial charge in [0.1, 0.15) is 0 Å². The Morgan fingerprint density at radius 3 is 2.35 bits per heavy atom. The summed E-state index contributed by atoms with van der Waals surface area (Å²) in [5.41, 5.74) is 7.63. The normalized spacial score (nSPS) is 13.6. The van der Waals surface area contributed by atoms with Crippen molar-refractivity contribution in [3.05, 3.63) is 35.4 Å². The lowest BCUT2D eigenvalue weighted by molar-refractivity contribution is -0.140. The summed E-state index contributed by atoms with van der Waals surface area (Å²) in [6.45, 7) is 4.28. The minimum atomic E-state index is -0.663. The number of benzene rings is 1. The first-order valence-electron chi connectivity index (χ1n) is 6.96. The molecule has 4 heteroatoms. The molecule has 0 bridgehead atoms. The van der Waals surface area contributed by atoms with Crippen molar-refractivity contribution in [2.75, 3.05) is 7.11 Å². The molecule has 0 spiro atoms. The minimum Gasteiger partial charge on any atom is -0.469 e. The molecule has 0 fully saturated rings. The number of hydrogen-bond donors (Lipinski definition) is 1. The van der Waals surface area contributed by atoms with E-state index in [2.05, 4.69) is 18.6 Å². The van der Waals surface area contributed by atoms with Crippen molar-refractivity contribution < 1.29 is 14.3 Å². The zero-order valence-corrected chi connectivity index (χ0v) is 12.4. The molecule has 0 aromatic heterocycles. The Kier molecular flexibility index (Phi) is 6.39. The van der Waals surface area contributed by atoms with E-state index in [0.29, 0.717) is 17.9 Å². The number of carbonyl (C=O) groups excluding carboxylic acids is 2. The van der Waals surface area contributed by atoms with Crippen LogP contribution < -0.4 is 5.73 Å². The Hall–Kier alpha value is -1.68. The van der Waals surface area contributed by atoms with Crippen LogP contribution >= 0.6 is 0 Å². The molecular formula is C16H23NO3. The van der Waals surface area contributed by atoms with Crippen molar-refractivity contribution in [3.8, 4) is 0 Å². The van der Waals surface area contributed by atoms with Gasteiger partial charge < -0.3 is 10.5 Å². The Balaban J connectivity index is 2.65. The van der Waals surface area contributed by atoms with Gasteiger partial charge in [-0.3, -0.25) is 9.59 Å². The summed E-state index contributed by atoms with van der Waals surface area (Å²) < 4.78 is 4.53. The molecule has 0 heterocycles. The Morgan fingerprint density at radius 2 is 1.85 bits per heavy atom. The van der Waals surface area contributed by atoms with Crippen LogP contribution in [-0.4, -0.2) is 24.9 Å². The highest BCUT2D eigenvalue weighted by atomic mass is 16.5. The topological polar surface area (TPSA) is 69.4 Å². The van der Waals surface area contributed by atoms with Crippen molar-refractivity contribution in [1.29, 1.82) is 0 Å². The summed E-state index contributed by atoms with van der Waals surface area (Å²) >= 11 is 0. The van der Waals surface area contributed by atoms with Gasteiger partial charge in [0, 0.05) is 12.0 Å². The van der Waals surface area contributed by atoms with Crippen molar-refractivity contribution in [2.24, 2.45) is 5.73 Å². The van der Waals surface area contributed by atoms with Crippen LogP contribution in [0.1, 0.15) is 54.9 Å². The van der Waals surface area contributed by atoms with E-state index in [1.807, 2.05) is 24.3 Å². The van der Waals surface area contributed by atoms with Crippen LogP contribution in [0, 0.1) is 0 Å². The Bertz CT molecular complexity index is 453. The van der Waals surface area contributed by atoms with Gasteiger partial charge in [-0.25, -0.2) is 0 Å². The molecule has 20 heavy (non-hydrogen) atoms. The number of rotatable bonds is 7. The molecule has 4 nitrogen and oxygen atoms in total. The molecule has 0 amide bonds. The van der Waals surface area contributed by atoms with E-state index < -0.39 is 6.04 Å². The summed E-state index contributed by atoms with van der Waals surface area (Å²) in [5.74, 6) is -0.00266. The summed E-state index contributed by atoms with van der Waals surface area (Å²) in [4.78, 5) is 23.2. The first-order chi connectivity index (χ1) is 9.49. The van der Waals surface area contributed by atoms with Crippen LogP contribution in [0.25, 0.3) is 0 Å². The van der Waals surface area contributed by atoms with Gasteiger partial charge in [0.15, 0.2) is 5.78 Å². The maximum atomic E-state index is 12.1. The average molecular weight is 277 g/mol. The van der Waals surface area contributed by atoms with Crippen LogP contribution in [0.15, 0.2) is 24.3 Å². The van der Waals surface area contributed by atoms with Gasteiger partial charge in [0.25, 0.3) is 0 Å². The zero-order valence-electron chi connectivity index (χ0n) is 12.4. The first-order valence-corrected chi connectivity index (χ1v) is 6.96. The van der Waals surface area contributed by atoms with Crippen LogP contribution in [0.3, 0.4) is 0 Å². The van der Waals surface area contributed by atoms with Gasteiger partial charge in [-0.2, -0.15) is 0 Å². The van der Waals surface area contributed by atoms with E-state index in [4.69, 9.17) is 5.73 Å². The lowest BCUT2D eigenvalue weighted by Crippen LogP contribution is -2.31. The number of ether oxygens (including phenoxy) is 1. The maximum Gasteiger partial charge on any atom is 0.305 e. The number of Topliss-reactive ketones (excluding diaryl/α,β-unsaturated/α-hetero) is 1. The number of carbonyl (C=O) groups is 2. The van der Waals surface area contributed by atoms with E-state index >= 15 is 0 Å². The van der Waals surface area contributed by atoms with Gasteiger partial charge >= 0.3 is 5.97 Å². The molecule has 0 aliphatic rings. The second kappa shape index (κ2) is 7.80. The summed E-state index contributed by atoms with van der Waals surface area (Å²) in [6, 6.07) is 6.88. The Morgan fingerprint density at radius 1 is 1.25 bits per heavy atom. The number of ketones is 1. The number of hydrogen-bond acceptors (Lipinski definition) is 4. The number of nitrogens with two attached hydrogens (primary N) is 1. The summed E-state index contributed by atoms with van der Waals surface area (Å²) in [6.07, 6.45) is 1.53. The summed E-state index contributed by atoms with van der Waals surface area (Å²) in [7, 11) is 1.32. The molecule has 110 valence electrons. The van der Waals surface area contributed by atoms with Crippen LogP contribution in [-0.2, 0) is 9.53 Å². The maximum absolute atomic E-state index is 12.1. The molecule has 2 unspecified atom stereocenters. The zero-order chi connectivity index (χ0) is 15.1. The minimum absolute atomic E-state index is 0.135.